The highest BCUT2D eigenvalue weighted by Crippen LogP contribution is 2.58. The minimum Gasteiger partial charge on any atom is -0.207 e. The molecule has 27 heavy (non-hydrogen) atoms. The Morgan fingerprint density at radius 3 is 1.22 bits per heavy atom. The lowest BCUT2D eigenvalue weighted by atomic mass is 10.2. The standard InChI is InChI=1S/C25H21FP/c26-22-18-16-21(17-19-22)20-27(23-10-4-1-5-11-23,24-12-6-2-7-13-24)25-14-8-3-9-15-25/h1-19H,20H2/q+1/i26-1. The molecule has 4 aromatic carbocycles. The Kier molecular flexibility index (Phi) is 5.14. The third-order valence-electron chi connectivity index (χ3n) is 4.92. The number of benzene rings is 4. The second kappa shape index (κ2) is 7.86. The molecule has 0 aromatic heterocycles. The van der Waals surface area contributed by atoms with Crippen molar-refractivity contribution in [2.24, 2.45) is 0 Å². The molecule has 0 heterocycles. The predicted octanol–water partition coefficient (Wildman–Crippen LogP) is 5.32. The molecule has 0 saturated carbocycles. The van der Waals surface area contributed by atoms with Crippen LogP contribution in [0.2, 0.25) is 0 Å². The van der Waals surface area contributed by atoms with Crippen LogP contribution in [0.4, 0.5) is 4.39 Å². The molecule has 132 valence electrons. The fourth-order valence-electron chi connectivity index (χ4n) is 3.63. The van der Waals surface area contributed by atoms with E-state index in [0.717, 1.165) is 11.7 Å². The number of hydrogen-bond donors (Lipinski definition) is 0. The zero-order valence-corrected chi connectivity index (χ0v) is 15.9. The first-order chi connectivity index (χ1) is 13.3. The molecule has 0 aliphatic heterocycles. The van der Waals surface area contributed by atoms with E-state index in [-0.39, 0.29) is 5.82 Å². The van der Waals surface area contributed by atoms with E-state index in [1.807, 2.05) is 12.1 Å². The summed E-state index contributed by atoms with van der Waals surface area (Å²) in [6.45, 7) is 0. The molecule has 0 unspecified atom stereocenters. The summed E-state index contributed by atoms with van der Waals surface area (Å²) in [6, 6.07) is 39.2. The van der Waals surface area contributed by atoms with Gasteiger partial charge in [-0.25, -0.2) is 4.39 Å². The average Bonchev–Trinajstić information content (AvgIpc) is 2.75. The van der Waals surface area contributed by atoms with Crippen molar-refractivity contribution in [3.63, 3.8) is 0 Å². The van der Waals surface area contributed by atoms with Gasteiger partial charge in [-0.05, 0) is 54.1 Å². The maximum absolute atomic E-state index is 13.5. The molecule has 0 atom stereocenters. The molecule has 0 radical (unpaired) electrons. The van der Waals surface area contributed by atoms with Crippen molar-refractivity contribution in [2.45, 2.75) is 6.16 Å². The molecular weight excluding hydrogens is 349 g/mol. The summed E-state index contributed by atoms with van der Waals surface area (Å²) in [7, 11) is -1.91. The molecule has 0 N–H and O–H groups in total. The van der Waals surface area contributed by atoms with Gasteiger partial charge < -0.3 is 0 Å². The highest BCUT2D eigenvalue weighted by atomic mass is 31.2. The molecule has 0 aliphatic carbocycles. The van der Waals surface area contributed by atoms with E-state index < -0.39 is 7.26 Å². The van der Waals surface area contributed by atoms with Gasteiger partial charge in [0.15, 0.2) is 0 Å². The monoisotopic (exact) mass is 370 g/mol. The van der Waals surface area contributed by atoms with Crippen molar-refractivity contribution in [3.8, 4) is 0 Å². The Hall–Kier alpha value is -2.76. The SMILES string of the molecule is [18F]c1ccc(C[P+](c2ccccc2)(c2ccccc2)c2ccccc2)cc1. The zero-order valence-electron chi connectivity index (χ0n) is 15.0. The van der Waals surface area contributed by atoms with Gasteiger partial charge in [0.25, 0.3) is 0 Å². The summed E-state index contributed by atoms with van der Waals surface area (Å²) >= 11 is 0. The van der Waals surface area contributed by atoms with Gasteiger partial charge in [0.2, 0.25) is 0 Å². The highest BCUT2D eigenvalue weighted by molar-refractivity contribution is 7.95. The average molecular weight is 370 g/mol. The fraction of sp³-hybridized carbons (Fsp3) is 0.0400. The first-order valence-corrected chi connectivity index (χ1v) is 11.1. The van der Waals surface area contributed by atoms with Gasteiger partial charge in [0.05, 0.1) is 6.16 Å². The lowest BCUT2D eigenvalue weighted by Crippen LogP contribution is -2.32. The molecule has 0 saturated heterocycles. The minimum absolute atomic E-state index is 0.193. The third-order valence-corrected chi connectivity index (χ3v) is 9.30. The van der Waals surface area contributed by atoms with E-state index in [2.05, 4.69) is 91.0 Å². The van der Waals surface area contributed by atoms with Crippen molar-refractivity contribution in [1.82, 2.24) is 0 Å². The Morgan fingerprint density at radius 1 is 0.481 bits per heavy atom. The maximum Gasteiger partial charge on any atom is 0.123 e. The van der Waals surface area contributed by atoms with Gasteiger partial charge in [-0.2, -0.15) is 0 Å². The lowest BCUT2D eigenvalue weighted by molar-refractivity contribution is 0.627. The molecule has 4 rings (SSSR count). The highest BCUT2D eigenvalue weighted by Gasteiger charge is 2.45. The summed E-state index contributed by atoms with van der Waals surface area (Å²) < 4.78 is 13.5. The van der Waals surface area contributed by atoms with E-state index in [1.54, 1.807) is 12.1 Å². The van der Waals surface area contributed by atoms with Crippen LogP contribution in [0, 0.1) is 5.82 Å². The van der Waals surface area contributed by atoms with E-state index in [9.17, 15) is 4.39 Å². The van der Waals surface area contributed by atoms with Crippen LogP contribution in [-0.2, 0) is 6.16 Å². The Balaban J connectivity index is 1.98. The molecule has 0 aliphatic rings. The summed E-state index contributed by atoms with van der Waals surface area (Å²) in [5.74, 6) is -0.193. The van der Waals surface area contributed by atoms with Crippen LogP contribution in [0.1, 0.15) is 5.56 Å². The summed E-state index contributed by atoms with van der Waals surface area (Å²) in [5, 5.41) is 4.02. The van der Waals surface area contributed by atoms with Crippen molar-refractivity contribution in [2.75, 3.05) is 0 Å². The number of halogens is 1. The van der Waals surface area contributed by atoms with Gasteiger partial charge in [0.1, 0.15) is 29.0 Å². The van der Waals surface area contributed by atoms with Crippen LogP contribution in [0.25, 0.3) is 0 Å². The Labute approximate surface area is 160 Å². The number of rotatable bonds is 5. The summed E-state index contributed by atoms with van der Waals surface area (Å²) in [5.41, 5.74) is 1.15. The molecule has 0 fully saturated rings. The molecule has 0 nitrogen and oxygen atoms in total. The molecule has 0 amide bonds. The first-order valence-electron chi connectivity index (χ1n) is 9.08. The van der Waals surface area contributed by atoms with Gasteiger partial charge in [0, 0.05) is 0 Å². The predicted molar refractivity (Wildman–Crippen MR) is 115 cm³/mol. The topological polar surface area (TPSA) is 0 Å². The molecule has 2 heteroatoms. The summed E-state index contributed by atoms with van der Waals surface area (Å²) in [4.78, 5) is 0. The van der Waals surface area contributed by atoms with Gasteiger partial charge in [-0.1, -0.05) is 66.7 Å². The van der Waals surface area contributed by atoms with Crippen LogP contribution in [0.3, 0.4) is 0 Å². The molecule has 4 aromatic rings. The van der Waals surface area contributed by atoms with Gasteiger partial charge in [-0.15, -0.1) is 0 Å². The van der Waals surface area contributed by atoms with E-state index in [4.69, 9.17) is 0 Å². The largest absolute Gasteiger partial charge is 0.207 e. The van der Waals surface area contributed by atoms with Crippen LogP contribution < -0.4 is 15.9 Å². The fourth-order valence-corrected chi connectivity index (χ4v) is 7.88. The van der Waals surface area contributed by atoms with Crippen LogP contribution in [-0.4, -0.2) is 0 Å². The minimum atomic E-state index is -1.91. The summed E-state index contributed by atoms with van der Waals surface area (Å²) in [6.07, 6.45) is 0.866. The quantitative estimate of drug-likeness (QED) is 0.417. The second-order valence-corrected chi connectivity index (χ2v) is 10.1. The maximum atomic E-state index is 13.5. The van der Waals surface area contributed by atoms with Crippen LogP contribution >= 0.6 is 7.26 Å². The molecular formula is C25H21FP+. The van der Waals surface area contributed by atoms with E-state index >= 15 is 0 Å². The zero-order chi connectivity index (χ0) is 18.5. The van der Waals surface area contributed by atoms with E-state index in [1.165, 1.54) is 15.9 Å². The van der Waals surface area contributed by atoms with Gasteiger partial charge in [-0.3, -0.25) is 0 Å². The normalized spacial score (nSPS) is 11.3. The van der Waals surface area contributed by atoms with Crippen LogP contribution in [0.5, 0.6) is 0 Å². The van der Waals surface area contributed by atoms with Gasteiger partial charge >= 0.3 is 0 Å². The lowest BCUT2D eigenvalue weighted by Gasteiger charge is -2.27. The smallest absolute Gasteiger partial charge is 0.123 e. The first kappa shape index (κ1) is 17.6. The Bertz CT molecular complexity index is 884. The number of hydrogen-bond acceptors (Lipinski definition) is 0. The molecule has 0 spiro atoms. The van der Waals surface area contributed by atoms with Crippen molar-refractivity contribution >= 4 is 23.2 Å². The van der Waals surface area contributed by atoms with Crippen molar-refractivity contribution < 1.29 is 4.39 Å². The van der Waals surface area contributed by atoms with Crippen molar-refractivity contribution in [1.29, 1.82) is 0 Å². The molecule has 0 bridgehead atoms. The second-order valence-electron chi connectivity index (χ2n) is 6.60. The van der Waals surface area contributed by atoms with Crippen molar-refractivity contribution in [3.05, 3.63) is 127 Å². The van der Waals surface area contributed by atoms with E-state index in [0.29, 0.717) is 0 Å². The van der Waals surface area contributed by atoms with Crippen LogP contribution in [0.15, 0.2) is 115 Å². The Morgan fingerprint density at radius 2 is 0.852 bits per heavy atom. The third kappa shape index (κ3) is 3.56.